The molecule has 0 bridgehead atoms. The number of benzene rings is 1. The van der Waals surface area contributed by atoms with E-state index in [1.54, 1.807) is 29.7 Å². The minimum absolute atomic E-state index is 0.245. The summed E-state index contributed by atoms with van der Waals surface area (Å²) in [4.78, 5) is 20.1. The molecule has 2 heterocycles. The molecule has 0 spiro atoms. The predicted molar refractivity (Wildman–Crippen MR) is 77.3 cm³/mol. The summed E-state index contributed by atoms with van der Waals surface area (Å²) in [6.07, 6.45) is 2.52. The van der Waals surface area contributed by atoms with E-state index in [4.69, 9.17) is 0 Å². The topological polar surface area (TPSA) is 68.0 Å². The summed E-state index contributed by atoms with van der Waals surface area (Å²) < 4.78 is 2.04. The van der Waals surface area contributed by atoms with E-state index in [1.165, 1.54) is 0 Å². The molecule has 0 aliphatic heterocycles. The van der Waals surface area contributed by atoms with E-state index < -0.39 is 5.97 Å². The molecule has 1 N–H and O–H groups in total. The Morgan fingerprint density at radius 1 is 1.45 bits per heavy atom. The van der Waals surface area contributed by atoms with Crippen molar-refractivity contribution in [3.05, 3.63) is 46.2 Å². The lowest BCUT2D eigenvalue weighted by molar-refractivity contribution is 0.0699. The minimum atomic E-state index is -0.947. The summed E-state index contributed by atoms with van der Waals surface area (Å²) in [6, 6.07) is 5.25. The number of carboxylic acid groups (broad SMARTS) is 1. The van der Waals surface area contributed by atoms with Crippen molar-refractivity contribution in [2.24, 2.45) is 0 Å². The Balaban J connectivity index is 2.19. The van der Waals surface area contributed by atoms with Gasteiger partial charge >= 0.3 is 5.97 Å². The highest BCUT2D eigenvalue weighted by atomic mass is 32.1. The number of aryl methyl sites for hydroxylation is 1. The molecule has 0 aliphatic rings. The van der Waals surface area contributed by atoms with Gasteiger partial charge in [-0.2, -0.15) is 0 Å². The second kappa shape index (κ2) is 5.05. The lowest BCUT2D eigenvalue weighted by Gasteiger charge is -2.05. The molecule has 0 radical (unpaired) electrons. The van der Waals surface area contributed by atoms with Crippen LogP contribution in [0.15, 0.2) is 29.8 Å². The van der Waals surface area contributed by atoms with Crippen molar-refractivity contribution in [3.8, 4) is 0 Å². The summed E-state index contributed by atoms with van der Waals surface area (Å²) in [6.45, 7) is 2.64. The van der Waals surface area contributed by atoms with Gasteiger partial charge in [0, 0.05) is 18.0 Å². The lowest BCUT2D eigenvalue weighted by Crippen LogP contribution is -2.04. The van der Waals surface area contributed by atoms with Crippen LogP contribution in [0.4, 0.5) is 0 Å². The van der Waals surface area contributed by atoms with Gasteiger partial charge in [0.25, 0.3) is 0 Å². The molecule has 0 saturated heterocycles. The summed E-state index contributed by atoms with van der Waals surface area (Å²) in [5.74, 6) is -0.0685. The van der Waals surface area contributed by atoms with Gasteiger partial charge in [0.15, 0.2) is 0 Å². The molecule has 3 aromatic rings. The Hall–Kier alpha value is -2.21. The van der Waals surface area contributed by atoms with E-state index in [-0.39, 0.29) is 5.56 Å². The number of thiazole rings is 1. The fraction of sp³-hybridized carbons (Fsp3) is 0.214. The first kappa shape index (κ1) is 12.8. The van der Waals surface area contributed by atoms with Gasteiger partial charge in [-0.15, -0.1) is 11.3 Å². The maximum absolute atomic E-state index is 11.3. The zero-order valence-corrected chi connectivity index (χ0v) is 11.7. The molecular weight excluding hydrogens is 274 g/mol. The molecule has 0 atom stereocenters. The van der Waals surface area contributed by atoms with Crippen molar-refractivity contribution in [3.63, 3.8) is 0 Å². The number of imidazole rings is 1. The number of carbonyl (C=O) groups is 1. The number of carboxylic acids is 1. The number of nitrogens with zero attached hydrogens (tertiary/aromatic N) is 3. The summed E-state index contributed by atoms with van der Waals surface area (Å²) in [5.41, 5.74) is 1.64. The van der Waals surface area contributed by atoms with Crippen LogP contribution in [0.1, 0.15) is 28.1 Å². The molecule has 5 nitrogen and oxygen atoms in total. The fourth-order valence-electron chi connectivity index (χ4n) is 2.28. The summed E-state index contributed by atoms with van der Waals surface area (Å²) >= 11 is 1.58. The van der Waals surface area contributed by atoms with Gasteiger partial charge < -0.3 is 9.67 Å². The van der Waals surface area contributed by atoms with Crippen LogP contribution in [0.25, 0.3) is 11.0 Å². The van der Waals surface area contributed by atoms with Gasteiger partial charge in [0.05, 0.1) is 17.6 Å². The highest BCUT2D eigenvalue weighted by Gasteiger charge is 2.16. The van der Waals surface area contributed by atoms with E-state index in [1.807, 2.05) is 22.9 Å². The molecule has 102 valence electrons. The van der Waals surface area contributed by atoms with Crippen molar-refractivity contribution in [2.75, 3.05) is 0 Å². The molecule has 0 unspecified atom stereocenters. The highest BCUT2D eigenvalue weighted by Crippen LogP contribution is 2.22. The second-order valence-corrected chi connectivity index (χ2v) is 5.35. The molecule has 0 fully saturated rings. The van der Waals surface area contributed by atoms with Crippen LogP contribution >= 0.6 is 11.3 Å². The largest absolute Gasteiger partial charge is 0.478 e. The fourth-order valence-corrected chi connectivity index (χ4v) is 2.88. The number of aromatic carboxylic acids is 1. The first-order valence-electron chi connectivity index (χ1n) is 6.30. The third kappa shape index (κ3) is 2.08. The van der Waals surface area contributed by atoms with Crippen LogP contribution in [-0.4, -0.2) is 25.6 Å². The van der Waals surface area contributed by atoms with Crippen molar-refractivity contribution >= 4 is 28.3 Å². The Bertz CT molecular complexity index is 762. The van der Waals surface area contributed by atoms with Gasteiger partial charge in [-0.05, 0) is 12.1 Å². The normalized spacial score (nSPS) is 11.1. The molecule has 0 amide bonds. The van der Waals surface area contributed by atoms with Gasteiger partial charge in [-0.1, -0.05) is 13.0 Å². The van der Waals surface area contributed by atoms with E-state index in [9.17, 15) is 9.90 Å². The van der Waals surface area contributed by atoms with Crippen molar-refractivity contribution in [1.29, 1.82) is 0 Å². The van der Waals surface area contributed by atoms with E-state index in [0.717, 1.165) is 22.8 Å². The Labute approximate surface area is 119 Å². The number of aromatic nitrogens is 3. The van der Waals surface area contributed by atoms with E-state index in [2.05, 4.69) is 9.97 Å². The molecule has 2 aromatic heterocycles. The molecule has 0 aliphatic carbocycles. The van der Waals surface area contributed by atoms with Crippen LogP contribution < -0.4 is 0 Å². The van der Waals surface area contributed by atoms with E-state index >= 15 is 0 Å². The molecular formula is C14H13N3O2S. The standard InChI is InChI=1S/C14H13N3O2S/c1-2-11-16-13-9(14(18)19)4-3-5-10(13)17(11)8-12-15-6-7-20-12/h3-7H,2,8H2,1H3,(H,18,19). The Morgan fingerprint density at radius 2 is 2.30 bits per heavy atom. The number of rotatable bonds is 4. The van der Waals surface area contributed by atoms with Crippen LogP contribution in [0.3, 0.4) is 0 Å². The van der Waals surface area contributed by atoms with Crippen LogP contribution in [-0.2, 0) is 13.0 Å². The van der Waals surface area contributed by atoms with Crippen LogP contribution in [0.2, 0.25) is 0 Å². The van der Waals surface area contributed by atoms with Gasteiger partial charge in [0.1, 0.15) is 16.3 Å². The van der Waals surface area contributed by atoms with Crippen molar-refractivity contribution in [1.82, 2.24) is 14.5 Å². The SMILES string of the molecule is CCc1nc2c(C(=O)O)cccc2n1Cc1nccs1. The zero-order chi connectivity index (χ0) is 14.1. The van der Waals surface area contributed by atoms with E-state index in [0.29, 0.717) is 12.1 Å². The molecule has 0 saturated carbocycles. The number of hydrogen-bond donors (Lipinski definition) is 1. The van der Waals surface area contributed by atoms with Crippen LogP contribution in [0, 0.1) is 0 Å². The van der Waals surface area contributed by atoms with Gasteiger partial charge in [0.2, 0.25) is 0 Å². The average Bonchev–Trinajstić information content (AvgIpc) is 3.06. The summed E-state index contributed by atoms with van der Waals surface area (Å²) in [7, 11) is 0. The average molecular weight is 287 g/mol. The van der Waals surface area contributed by atoms with Gasteiger partial charge in [-0.3, -0.25) is 0 Å². The molecule has 20 heavy (non-hydrogen) atoms. The van der Waals surface area contributed by atoms with Crippen LogP contribution in [0.5, 0.6) is 0 Å². The maximum Gasteiger partial charge on any atom is 0.337 e. The van der Waals surface area contributed by atoms with Gasteiger partial charge in [-0.25, -0.2) is 14.8 Å². The maximum atomic E-state index is 11.3. The third-order valence-electron chi connectivity index (χ3n) is 3.18. The monoisotopic (exact) mass is 287 g/mol. The zero-order valence-electron chi connectivity index (χ0n) is 10.9. The first-order valence-corrected chi connectivity index (χ1v) is 7.18. The Morgan fingerprint density at radius 3 is 2.95 bits per heavy atom. The lowest BCUT2D eigenvalue weighted by atomic mass is 10.2. The number of hydrogen-bond acceptors (Lipinski definition) is 4. The smallest absolute Gasteiger partial charge is 0.337 e. The van der Waals surface area contributed by atoms with Crippen molar-refractivity contribution in [2.45, 2.75) is 19.9 Å². The predicted octanol–water partition coefficient (Wildman–Crippen LogP) is 2.80. The highest BCUT2D eigenvalue weighted by molar-refractivity contribution is 7.09. The number of para-hydroxylation sites is 1. The minimum Gasteiger partial charge on any atom is -0.478 e. The Kier molecular flexibility index (Phi) is 3.23. The molecule has 6 heteroatoms. The van der Waals surface area contributed by atoms with Crippen molar-refractivity contribution < 1.29 is 9.90 Å². The third-order valence-corrected chi connectivity index (χ3v) is 3.95. The summed E-state index contributed by atoms with van der Waals surface area (Å²) in [5, 5.41) is 12.2. The first-order chi connectivity index (χ1) is 9.70. The number of fused-ring (bicyclic) bond motifs is 1. The second-order valence-electron chi connectivity index (χ2n) is 4.37. The quantitative estimate of drug-likeness (QED) is 0.801. The molecule has 3 rings (SSSR count). The molecule has 1 aromatic carbocycles.